The second-order valence-corrected chi connectivity index (χ2v) is 7.25. The fourth-order valence-corrected chi connectivity index (χ4v) is 4.03. The van der Waals surface area contributed by atoms with E-state index in [4.69, 9.17) is 17.3 Å². The van der Waals surface area contributed by atoms with Crippen LogP contribution in [0.3, 0.4) is 0 Å². The zero-order valence-electron chi connectivity index (χ0n) is 14.5. The molecule has 2 bridgehead atoms. The van der Waals surface area contributed by atoms with Gasteiger partial charge in [0.2, 0.25) is 11.9 Å². The Morgan fingerprint density at radius 2 is 2.12 bits per heavy atom. The van der Waals surface area contributed by atoms with Crippen molar-refractivity contribution >= 4 is 35.0 Å². The van der Waals surface area contributed by atoms with Crippen LogP contribution in [0.1, 0.15) is 12.1 Å². The maximum Gasteiger partial charge on any atom is 0.229 e. The number of primary amides is 1. The highest BCUT2D eigenvalue weighted by molar-refractivity contribution is 6.33. The van der Waals surface area contributed by atoms with Crippen LogP contribution in [0.15, 0.2) is 24.5 Å². The van der Waals surface area contributed by atoms with Gasteiger partial charge in [-0.15, -0.1) is 0 Å². The largest absolute Gasteiger partial charge is 0.369 e. The predicted octanol–water partition coefficient (Wildman–Crippen LogP) is 2.00. The van der Waals surface area contributed by atoms with Crippen molar-refractivity contribution in [2.75, 3.05) is 10.6 Å². The average molecular weight is 374 g/mol. The van der Waals surface area contributed by atoms with Crippen LogP contribution in [0.4, 0.5) is 17.5 Å². The highest BCUT2D eigenvalue weighted by atomic mass is 35.5. The van der Waals surface area contributed by atoms with Crippen molar-refractivity contribution in [2.24, 2.45) is 30.5 Å². The lowest BCUT2D eigenvalue weighted by Crippen LogP contribution is -2.41. The van der Waals surface area contributed by atoms with Crippen LogP contribution in [0.5, 0.6) is 0 Å². The molecule has 0 aliphatic heterocycles. The van der Waals surface area contributed by atoms with E-state index in [0.717, 1.165) is 12.1 Å². The summed E-state index contributed by atoms with van der Waals surface area (Å²) in [4.78, 5) is 20.8. The molecule has 9 heteroatoms. The molecule has 4 rings (SSSR count). The van der Waals surface area contributed by atoms with Gasteiger partial charge in [-0.05, 0) is 25.2 Å². The molecular weight excluding hydrogens is 354 g/mol. The highest BCUT2D eigenvalue weighted by Crippen LogP contribution is 2.45. The Balaban J connectivity index is 1.61. The second-order valence-electron chi connectivity index (χ2n) is 6.87. The van der Waals surface area contributed by atoms with Gasteiger partial charge < -0.3 is 16.4 Å². The number of hydrogen-bond acceptors (Lipinski definition) is 6. The minimum Gasteiger partial charge on any atom is -0.369 e. The SMILES string of the molecule is Cc1nc(Nc2cnn(C)c2)nc(N[C@H]2[C@@H](C(N)=O)[C@@H]3C=C[C@H]2C3)c1Cl. The van der Waals surface area contributed by atoms with E-state index in [2.05, 4.69) is 37.9 Å². The fraction of sp³-hybridized carbons (Fsp3) is 0.412. The molecule has 4 atom stereocenters. The summed E-state index contributed by atoms with van der Waals surface area (Å²) < 4.78 is 1.68. The van der Waals surface area contributed by atoms with Gasteiger partial charge in [0.15, 0.2) is 5.82 Å². The van der Waals surface area contributed by atoms with E-state index in [1.807, 2.05) is 20.2 Å². The maximum absolute atomic E-state index is 11.9. The van der Waals surface area contributed by atoms with Crippen molar-refractivity contribution < 1.29 is 4.79 Å². The molecule has 1 amide bonds. The van der Waals surface area contributed by atoms with Crippen molar-refractivity contribution in [1.29, 1.82) is 0 Å². The third-order valence-corrected chi connectivity index (χ3v) is 5.52. The predicted molar refractivity (Wildman–Crippen MR) is 99.1 cm³/mol. The van der Waals surface area contributed by atoms with E-state index in [0.29, 0.717) is 22.5 Å². The first kappa shape index (κ1) is 16.8. The average Bonchev–Trinajstić information content (AvgIpc) is 3.28. The number of fused-ring (bicyclic) bond motifs is 2. The number of halogens is 1. The van der Waals surface area contributed by atoms with Gasteiger partial charge in [-0.2, -0.15) is 10.1 Å². The van der Waals surface area contributed by atoms with Gasteiger partial charge in [0.25, 0.3) is 0 Å². The molecule has 4 N–H and O–H groups in total. The van der Waals surface area contributed by atoms with Gasteiger partial charge >= 0.3 is 0 Å². The molecule has 0 saturated heterocycles. The van der Waals surface area contributed by atoms with Crippen LogP contribution in [0, 0.1) is 24.7 Å². The van der Waals surface area contributed by atoms with Gasteiger partial charge in [-0.1, -0.05) is 23.8 Å². The molecule has 0 radical (unpaired) electrons. The number of rotatable bonds is 5. The number of nitrogens with two attached hydrogens (primary N) is 1. The third kappa shape index (κ3) is 2.90. The molecule has 2 aromatic heterocycles. The number of carbonyl (C=O) groups is 1. The van der Waals surface area contributed by atoms with Crippen molar-refractivity contribution in [3.8, 4) is 0 Å². The minimum absolute atomic E-state index is 0.111. The number of nitrogens with zero attached hydrogens (tertiary/aromatic N) is 4. The summed E-state index contributed by atoms with van der Waals surface area (Å²) in [6.45, 7) is 1.82. The summed E-state index contributed by atoms with van der Waals surface area (Å²) in [7, 11) is 1.83. The van der Waals surface area contributed by atoms with Crippen LogP contribution in [0.25, 0.3) is 0 Å². The van der Waals surface area contributed by atoms with Crippen LogP contribution >= 0.6 is 11.6 Å². The summed E-state index contributed by atoms with van der Waals surface area (Å²) in [5.74, 6) is 0.795. The Hall–Kier alpha value is -2.61. The van der Waals surface area contributed by atoms with Gasteiger partial charge in [0, 0.05) is 19.3 Å². The molecule has 1 saturated carbocycles. The molecule has 1 fully saturated rings. The van der Waals surface area contributed by atoms with E-state index in [1.54, 1.807) is 10.9 Å². The fourth-order valence-electron chi connectivity index (χ4n) is 3.89. The molecule has 0 aromatic carbocycles. The lowest BCUT2D eigenvalue weighted by Gasteiger charge is -2.27. The van der Waals surface area contributed by atoms with Crippen LogP contribution in [-0.4, -0.2) is 31.7 Å². The van der Waals surface area contributed by atoms with Crippen molar-refractivity contribution in [3.63, 3.8) is 0 Å². The molecule has 2 aromatic rings. The first-order valence-electron chi connectivity index (χ1n) is 8.46. The Labute approximate surface area is 155 Å². The van der Waals surface area contributed by atoms with Crippen LogP contribution < -0.4 is 16.4 Å². The first-order valence-corrected chi connectivity index (χ1v) is 8.84. The molecule has 26 heavy (non-hydrogen) atoms. The van der Waals surface area contributed by atoms with E-state index in [-0.39, 0.29) is 29.7 Å². The summed E-state index contributed by atoms with van der Waals surface area (Å²) in [5.41, 5.74) is 7.05. The molecule has 8 nitrogen and oxygen atoms in total. The standard InChI is InChI=1S/C17H20ClN7O/c1-8-13(18)16(24-17(21-8)22-11-6-20-25(2)7-11)23-14-10-4-3-9(5-10)12(14)15(19)26/h3-4,6-7,9-10,12,14H,5H2,1-2H3,(H2,19,26)(H2,21,22,23,24)/t9-,10+,12+,14-/m1/s1. The number of hydrogen-bond donors (Lipinski definition) is 3. The molecular formula is C17H20ClN7O. The van der Waals surface area contributed by atoms with Crippen molar-refractivity contribution in [2.45, 2.75) is 19.4 Å². The van der Waals surface area contributed by atoms with Gasteiger partial charge in [-0.3, -0.25) is 9.48 Å². The van der Waals surface area contributed by atoms with E-state index < -0.39 is 0 Å². The number of allylic oxidation sites excluding steroid dienone is 1. The molecule has 2 aliphatic rings. The Morgan fingerprint density at radius 3 is 2.81 bits per heavy atom. The maximum atomic E-state index is 11.9. The van der Waals surface area contributed by atoms with Crippen LogP contribution in [-0.2, 0) is 11.8 Å². The summed E-state index contributed by atoms with van der Waals surface area (Å²) >= 11 is 6.41. The Kier molecular flexibility index (Phi) is 4.07. The van der Waals surface area contributed by atoms with Crippen molar-refractivity contribution in [3.05, 3.63) is 35.3 Å². The zero-order valence-corrected chi connectivity index (χ0v) is 15.2. The zero-order chi connectivity index (χ0) is 18.4. The highest BCUT2D eigenvalue weighted by Gasteiger charge is 2.47. The second kappa shape index (κ2) is 6.28. The number of nitrogens with one attached hydrogen (secondary N) is 2. The normalized spacial score (nSPS) is 26.3. The molecule has 2 heterocycles. The van der Waals surface area contributed by atoms with E-state index in [9.17, 15) is 4.79 Å². The number of aryl methyl sites for hydroxylation is 2. The van der Waals surface area contributed by atoms with E-state index in [1.165, 1.54) is 0 Å². The van der Waals surface area contributed by atoms with E-state index >= 15 is 0 Å². The summed E-state index contributed by atoms with van der Waals surface area (Å²) in [6, 6.07) is -0.111. The Bertz CT molecular complexity index is 893. The Morgan fingerprint density at radius 1 is 1.35 bits per heavy atom. The number of aromatic nitrogens is 4. The monoisotopic (exact) mass is 373 g/mol. The number of anilines is 3. The number of carbonyl (C=O) groups excluding carboxylic acids is 1. The molecule has 136 valence electrons. The smallest absolute Gasteiger partial charge is 0.229 e. The van der Waals surface area contributed by atoms with Gasteiger partial charge in [0.05, 0.1) is 23.5 Å². The lowest BCUT2D eigenvalue weighted by atomic mass is 9.88. The topological polar surface area (TPSA) is 111 Å². The summed E-state index contributed by atoms with van der Waals surface area (Å²) in [5, 5.41) is 11.0. The third-order valence-electron chi connectivity index (χ3n) is 5.07. The first-order chi connectivity index (χ1) is 12.4. The van der Waals surface area contributed by atoms with Crippen molar-refractivity contribution in [1.82, 2.24) is 19.7 Å². The minimum atomic E-state index is -0.296. The van der Waals surface area contributed by atoms with Gasteiger partial charge in [0.1, 0.15) is 5.02 Å². The molecule has 0 spiro atoms. The number of amides is 1. The molecule has 0 unspecified atom stereocenters. The molecule has 2 aliphatic carbocycles. The quantitative estimate of drug-likeness (QED) is 0.691. The van der Waals surface area contributed by atoms with Crippen LogP contribution in [0.2, 0.25) is 5.02 Å². The van der Waals surface area contributed by atoms with Gasteiger partial charge in [-0.25, -0.2) is 4.98 Å². The lowest BCUT2D eigenvalue weighted by molar-refractivity contribution is -0.122. The summed E-state index contributed by atoms with van der Waals surface area (Å²) in [6.07, 6.45) is 8.65.